The van der Waals surface area contributed by atoms with Crippen LogP contribution in [0.25, 0.3) is 0 Å². The molecule has 0 aliphatic rings. The van der Waals surface area contributed by atoms with Crippen molar-refractivity contribution in [3.8, 4) is 0 Å². The second-order valence-corrected chi connectivity index (χ2v) is 4.52. The predicted octanol–water partition coefficient (Wildman–Crippen LogP) is 1.06. The monoisotopic (exact) mass is 402 g/mol. The molecule has 88 valence electrons. The van der Waals surface area contributed by atoms with Crippen molar-refractivity contribution in [2.75, 3.05) is 0 Å². The topological polar surface area (TPSA) is 68.8 Å². The second-order valence-electron chi connectivity index (χ2n) is 4.52. The summed E-state index contributed by atoms with van der Waals surface area (Å²) < 4.78 is 0. The molecule has 0 aromatic heterocycles. The van der Waals surface area contributed by atoms with Crippen LogP contribution < -0.4 is 0 Å². The summed E-state index contributed by atoms with van der Waals surface area (Å²) in [6.07, 6.45) is 4.53. The maximum atomic E-state index is 10.2. The molecule has 14 heavy (non-hydrogen) atoms. The van der Waals surface area contributed by atoms with Crippen molar-refractivity contribution >= 4 is 32.2 Å². The van der Waals surface area contributed by atoms with Crippen LogP contribution >= 0.6 is 0 Å². The molecule has 0 aromatic rings. The Hall–Kier alpha value is 0.313. The Morgan fingerprint density at radius 1 is 1.14 bits per heavy atom. The molecule has 3 nitrogen and oxygen atoms in total. The van der Waals surface area contributed by atoms with Crippen LogP contribution in [0.1, 0.15) is 52.9 Å². The van der Waals surface area contributed by atoms with Gasteiger partial charge in [-0.25, -0.2) is 0 Å². The van der Waals surface area contributed by atoms with Gasteiger partial charge in [0.05, 0.1) is 0 Å². The first-order chi connectivity index (χ1) is 5.42. The molecule has 0 atom stereocenters. The van der Waals surface area contributed by atoms with Crippen molar-refractivity contribution in [2.24, 2.45) is 5.41 Å². The van der Waals surface area contributed by atoms with Gasteiger partial charge in [0.1, 0.15) is 0 Å². The summed E-state index contributed by atoms with van der Waals surface area (Å²) in [5.41, 5.74) is 0.392. The number of unbranched alkanes of at least 4 members (excludes halogenated alkanes) is 2. The fourth-order valence-electron chi connectivity index (χ4n) is 1.11. The van der Waals surface area contributed by atoms with E-state index in [0.717, 1.165) is 19.3 Å². The Labute approximate surface area is 106 Å². The first kappa shape index (κ1) is 19.8. The quantitative estimate of drug-likeness (QED) is 0.552. The molecule has 0 aliphatic carbocycles. The number of rotatable bonds is 5. The molecule has 0 radical (unpaired) electrons. The minimum absolute atomic E-state index is 0. The minimum atomic E-state index is -0.675. The zero-order valence-electron chi connectivity index (χ0n) is 9.60. The van der Waals surface area contributed by atoms with Gasteiger partial charge in [-0.3, -0.25) is 4.79 Å². The van der Waals surface area contributed by atoms with Crippen LogP contribution in [-0.4, -0.2) is 42.8 Å². The van der Waals surface area contributed by atoms with E-state index in [1.807, 2.05) is 0 Å². The molecule has 0 fully saturated rings. The Morgan fingerprint density at radius 3 is 2.00 bits per heavy atom. The van der Waals surface area contributed by atoms with Crippen molar-refractivity contribution in [3.63, 3.8) is 0 Å². The fourth-order valence-corrected chi connectivity index (χ4v) is 1.11. The SMILES string of the molecule is CC(C)(C)CCCCCC(=O)O.O.[BiH3]. The van der Waals surface area contributed by atoms with E-state index in [1.165, 1.54) is 6.42 Å². The molecule has 0 spiro atoms. The third-order valence-corrected chi connectivity index (χ3v) is 1.82. The van der Waals surface area contributed by atoms with Crippen LogP contribution in [0.2, 0.25) is 0 Å². The van der Waals surface area contributed by atoms with Crippen LogP contribution in [0.15, 0.2) is 0 Å². The Bertz CT molecular complexity index is 141. The van der Waals surface area contributed by atoms with Crippen molar-refractivity contribution in [1.82, 2.24) is 0 Å². The summed E-state index contributed by atoms with van der Waals surface area (Å²) in [5.74, 6) is -0.675. The van der Waals surface area contributed by atoms with Crippen molar-refractivity contribution < 1.29 is 15.4 Å². The van der Waals surface area contributed by atoms with Crippen LogP contribution in [-0.2, 0) is 4.79 Å². The van der Waals surface area contributed by atoms with Gasteiger partial charge in [-0.05, 0) is 18.3 Å². The fraction of sp³-hybridized carbons (Fsp3) is 0.900. The molecule has 0 amide bonds. The summed E-state index contributed by atoms with van der Waals surface area (Å²) >= 11 is 0. The second kappa shape index (κ2) is 9.85. The average Bonchev–Trinajstić information content (AvgIpc) is 1.83. The Kier molecular flexibility index (Phi) is 13.9. The molecule has 0 saturated heterocycles. The van der Waals surface area contributed by atoms with Gasteiger partial charge in [0.15, 0.2) is 0 Å². The number of carbonyl (C=O) groups is 1. The molecular weight excluding hydrogens is 377 g/mol. The van der Waals surface area contributed by atoms with E-state index in [2.05, 4.69) is 20.8 Å². The Morgan fingerprint density at radius 2 is 1.64 bits per heavy atom. The Balaban J connectivity index is -0.000000605. The van der Waals surface area contributed by atoms with Gasteiger partial charge in [-0.15, -0.1) is 0 Å². The molecular formula is C10H25BiO3. The van der Waals surface area contributed by atoms with E-state index in [4.69, 9.17) is 5.11 Å². The van der Waals surface area contributed by atoms with E-state index in [1.54, 1.807) is 0 Å². The third-order valence-electron chi connectivity index (χ3n) is 1.82. The molecule has 0 bridgehead atoms. The molecule has 0 saturated carbocycles. The van der Waals surface area contributed by atoms with Crippen molar-refractivity contribution in [3.05, 3.63) is 0 Å². The normalized spacial score (nSPS) is 9.93. The molecule has 0 rings (SSSR count). The average molecular weight is 402 g/mol. The summed E-state index contributed by atoms with van der Waals surface area (Å²) in [5, 5.41) is 8.37. The number of aliphatic carboxylic acids is 1. The van der Waals surface area contributed by atoms with E-state index in [9.17, 15) is 4.79 Å². The summed E-state index contributed by atoms with van der Waals surface area (Å²) in [6.45, 7) is 6.64. The zero-order valence-corrected chi connectivity index (χ0v) is 15.1. The molecule has 0 aromatic carbocycles. The van der Waals surface area contributed by atoms with Gasteiger partial charge in [0, 0.05) is 6.42 Å². The number of hydrogen-bond acceptors (Lipinski definition) is 1. The number of carboxylic acid groups (broad SMARTS) is 1. The number of carboxylic acids is 1. The van der Waals surface area contributed by atoms with Crippen LogP contribution in [0.3, 0.4) is 0 Å². The summed E-state index contributed by atoms with van der Waals surface area (Å²) in [7, 11) is 0. The van der Waals surface area contributed by atoms with Crippen LogP contribution in [0, 0.1) is 5.41 Å². The molecule has 3 N–H and O–H groups in total. The van der Waals surface area contributed by atoms with Gasteiger partial charge >= 0.3 is 32.2 Å². The summed E-state index contributed by atoms with van der Waals surface area (Å²) in [4.78, 5) is 10.2. The molecule has 0 aliphatic heterocycles. The predicted molar refractivity (Wildman–Crippen MR) is 63.7 cm³/mol. The maximum absolute atomic E-state index is 10.2. The van der Waals surface area contributed by atoms with Crippen molar-refractivity contribution in [2.45, 2.75) is 52.9 Å². The first-order valence-corrected chi connectivity index (χ1v) is 4.63. The van der Waals surface area contributed by atoms with E-state index in [0.29, 0.717) is 11.8 Å². The molecule has 0 unspecified atom stereocenters. The van der Waals surface area contributed by atoms with Crippen molar-refractivity contribution in [1.29, 1.82) is 0 Å². The standard InChI is InChI=1S/C10H20O2.Bi.H2O.3H/c1-10(2,3)8-6-4-5-7-9(11)12;;;;;/h4-8H2,1-3H3,(H,11,12);;1H2;;;. The molecule has 4 heteroatoms. The number of hydrogen-bond donors (Lipinski definition) is 1. The van der Waals surface area contributed by atoms with Gasteiger partial charge in [-0.2, -0.15) is 0 Å². The van der Waals surface area contributed by atoms with Gasteiger partial charge in [0.25, 0.3) is 0 Å². The third kappa shape index (κ3) is 18.2. The van der Waals surface area contributed by atoms with E-state index >= 15 is 0 Å². The zero-order chi connectivity index (χ0) is 9.61. The first-order valence-electron chi connectivity index (χ1n) is 4.63. The van der Waals surface area contributed by atoms with Gasteiger partial charge in [0.2, 0.25) is 0 Å². The van der Waals surface area contributed by atoms with Gasteiger partial charge in [-0.1, -0.05) is 33.6 Å². The van der Waals surface area contributed by atoms with E-state index in [-0.39, 0.29) is 31.7 Å². The molecule has 0 heterocycles. The van der Waals surface area contributed by atoms with E-state index < -0.39 is 5.97 Å². The van der Waals surface area contributed by atoms with Gasteiger partial charge < -0.3 is 10.6 Å². The van der Waals surface area contributed by atoms with Crippen LogP contribution in [0.5, 0.6) is 0 Å². The van der Waals surface area contributed by atoms with Crippen LogP contribution in [0.4, 0.5) is 0 Å². The summed E-state index contributed by atoms with van der Waals surface area (Å²) in [6, 6.07) is 0.